The number of furan rings is 1. The van der Waals surface area contributed by atoms with Crippen LogP contribution >= 0.6 is 12.2 Å². The van der Waals surface area contributed by atoms with E-state index in [-0.39, 0.29) is 5.56 Å². The summed E-state index contributed by atoms with van der Waals surface area (Å²) in [5.41, 5.74) is 4.69. The lowest BCUT2D eigenvalue weighted by molar-refractivity contribution is 0.391. The van der Waals surface area contributed by atoms with Gasteiger partial charge >= 0.3 is 0 Å². The first-order chi connectivity index (χ1) is 15.9. The van der Waals surface area contributed by atoms with E-state index in [1.54, 1.807) is 13.4 Å². The maximum atomic E-state index is 12.9. The summed E-state index contributed by atoms with van der Waals surface area (Å²) >= 11 is 5.71. The van der Waals surface area contributed by atoms with Gasteiger partial charge in [-0.05, 0) is 79.0 Å². The van der Waals surface area contributed by atoms with E-state index in [0.717, 1.165) is 39.1 Å². The van der Waals surface area contributed by atoms with E-state index < -0.39 is 0 Å². The molecule has 2 heterocycles. The third-order valence-corrected chi connectivity index (χ3v) is 5.95. The zero-order chi connectivity index (χ0) is 23.4. The Hall–Kier alpha value is -3.58. The maximum absolute atomic E-state index is 12.9. The van der Waals surface area contributed by atoms with Gasteiger partial charge in [0.15, 0.2) is 5.11 Å². The Morgan fingerprint density at radius 3 is 2.61 bits per heavy atom. The summed E-state index contributed by atoms with van der Waals surface area (Å²) in [4.78, 5) is 18.0. The number of thiocarbonyl (C=S) groups is 1. The van der Waals surface area contributed by atoms with Crippen molar-refractivity contribution in [3.8, 4) is 5.75 Å². The van der Waals surface area contributed by atoms with Gasteiger partial charge in [-0.15, -0.1) is 0 Å². The number of rotatable bonds is 7. The molecule has 0 unspecified atom stereocenters. The smallest absolute Gasteiger partial charge is 0.253 e. The van der Waals surface area contributed by atoms with E-state index in [2.05, 4.69) is 29.4 Å². The number of aromatic amines is 1. The first-order valence-corrected chi connectivity index (χ1v) is 11.1. The number of ether oxygens (including phenoxy) is 1. The molecule has 0 aliphatic carbocycles. The molecule has 0 atom stereocenters. The van der Waals surface area contributed by atoms with Crippen molar-refractivity contribution in [2.45, 2.75) is 33.5 Å². The quantitative estimate of drug-likeness (QED) is 0.385. The molecule has 0 spiro atoms. The molecule has 0 fully saturated rings. The van der Waals surface area contributed by atoms with Gasteiger partial charge in [-0.3, -0.25) is 4.79 Å². The highest BCUT2D eigenvalue weighted by molar-refractivity contribution is 7.80. The van der Waals surface area contributed by atoms with E-state index in [1.807, 2.05) is 54.3 Å². The largest absolute Gasteiger partial charge is 0.497 e. The van der Waals surface area contributed by atoms with Gasteiger partial charge in [0.05, 0.1) is 32.0 Å². The van der Waals surface area contributed by atoms with E-state index in [1.165, 1.54) is 0 Å². The number of hydrogen-bond donors (Lipinski definition) is 2. The second-order valence-corrected chi connectivity index (χ2v) is 8.50. The molecule has 7 heteroatoms. The fourth-order valence-electron chi connectivity index (χ4n) is 3.89. The van der Waals surface area contributed by atoms with Gasteiger partial charge in [-0.2, -0.15) is 0 Å². The zero-order valence-electron chi connectivity index (χ0n) is 19.0. The van der Waals surface area contributed by atoms with Crippen molar-refractivity contribution in [3.05, 3.63) is 99.2 Å². The van der Waals surface area contributed by atoms with Crippen molar-refractivity contribution in [1.82, 2.24) is 15.2 Å². The first kappa shape index (κ1) is 22.6. The first-order valence-electron chi connectivity index (χ1n) is 10.7. The van der Waals surface area contributed by atoms with Crippen LogP contribution in [-0.4, -0.2) is 22.1 Å². The monoisotopic (exact) mass is 461 g/mol. The Labute approximate surface area is 198 Å². The zero-order valence-corrected chi connectivity index (χ0v) is 19.8. The Bertz CT molecular complexity index is 1310. The second-order valence-electron chi connectivity index (χ2n) is 8.11. The SMILES string of the molecule is COc1ccc(CN(Cc2cc3cc(C)cc(C)c3[nH]c2=O)C(=S)NCc2ccco2)cc1. The van der Waals surface area contributed by atoms with E-state index in [9.17, 15) is 4.79 Å². The molecule has 4 rings (SSSR count). The average Bonchev–Trinajstić information content (AvgIpc) is 3.32. The van der Waals surface area contributed by atoms with Crippen LogP contribution in [0.25, 0.3) is 10.9 Å². The number of nitrogens with zero attached hydrogens (tertiary/aromatic N) is 1. The molecule has 0 aliphatic rings. The fourth-order valence-corrected chi connectivity index (χ4v) is 4.09. The summed E-state index contributed by atoms with van der Waals surface area (Å²) in [6.45, 7) is 5.44. The van der Waals surface area contributed by atoms with Gasteiger partial charge in [0.25, 0.3) is 5.56 Å². The summed E-state index contributed by atoms with van der Waals surface area (Å²) in [6, 6.07) is 17.7. The molecular formula is C26H27N3O3S. The van der Waals surface area contributed by atoms with Crippen LogP contribution in [0.5, 0.6) is 5.75 Å². The lowest BCUT2D eigenvalue weighted by Gasteiger charge is -2.26. The Balaban J connectivity index is 1.62. The number of aromatic nitrogens is 1. The van der Waals surface area contributed by atoms with Crippen molar-refractivity contribution in [2.75, 3.05) is 7.11 Å². The topological polar surface area (TPSA) is 70.5 Å². The van der Waals surface area contributed by atoms with Crippen LogP contribution in [0.2, 0.25) is 0 Å². The van der Waals surface area contributed by atoms with E-state index in [4.69, 9.17) is 21.4 Å². The minimum atomic E-state index is -0.108. The molecule has 0 bridgehead atoms. The van der Waals surface area contributed by atoms with Gasteiger partial charge in [-0.25, -0.2) is 0 Å². The summed E-state index contributed by atoms with van der Waals surface area (Å²) in [5.74, 6) is 1.58. The van der Waals surface area contributed by atoms with Gasteiger partial charge in [-0.1, -0.05) is 23.8 Å². The molecular weight excluding hydrogens is 434 g/mol. The third kappa shape index (κ3) is 5.43. The molecule has 0 radical (unpaired) electrons. The van der Waals surface area contributed by atoms with Crippen LogP contribution in [0.15, 0.2) is 70.1 Å². The van der Waals surface area contributed by atoms with E-state index >= 15 is 0 Å². The van der Waals surface area contributed by atoms with Gasteiger partial charge in [0.2, 0.25) is 0 Å². The molecule has 0 amide bonds. The fraction of sp³-hybridized carbons (Fsp3) is 0.231. The van der Waals surface area contributed by atoms with Gasteiger partial charge in [0.1, 0.15) is 11.5 Å². The number of benzene rings is 2. The maximum Gasteiger partial charge on any atom is 0.253 e. The molecule has 33 heavy (non-hydrogen) atoms. The number of nitrogens with one attached hydrogen (secondary N) is 2. The van der Waals surface area contributed by atoms with Crippen LogP contribution in [0.1, 0.15) is 28.0 Å². The minimum absolute atomic E-state index is 0.108. The molecule has 2 aromatic carbocycles. The summed E-state index contributed by atoms with van der Waals surface area (Å²) in [6.07, 6.45) is 1.63. The van der Waals surface area contributed by atoms with Crippen LogP contribution in [0.4, 0.5) is 0 Å². The average molecular weight is 462 g/mol. The molecule has 2 aromatic heterocycles. The van der Waals surface area contributed by atoms with E-state index in [0.29, 0.717) is 30.3 Å². The number of H-pyrrole nitrogens is 1. The Morgan fingerprint density at radius 2 is 1.91 bits per heavy atom. The predicted octanol–water partition coefficient (Wildman–Crippen LogP) is 4.82. The van der Waals surface area contributed by atoms with Crippen molar-refractivity contribution in [3.63, 3.8) is 0 Å². The van der Waals surface area contributed by atoms with Crippen LogP contribution in [-0.2, 0) is 19.6 Å². The number of hydrogen-bond acceptors (Lipinski definition) is 4. The number of pyridine rings is 1. The number of fused-ring (bicyclic) bond motifs is 1. The lowest BCUT2D eigenvalue weighted by atomic mass is 10.1. The van der Waals surface area contributed by atoms with Crippen molar-refractivity contribution in [2.24, 2.45) is 0 Å². The highest BCUT2D eigenvalue weighted by atomic mass is 32.1. The number of methoxy groups -OCH3 is 1. The molecule has 6 nitrogen and oxygen atoms in total. The molecule has 4 aromatic rings. The summed E-state index contributed by atoms with van der Waals surface area (Å²) in [7, 11) is 1.64. The second kappa shape index (κ2) is 9.92. The standard InChI is InChI=1S/C26H27N3O3S/c1-17-11-18(2)24-20(12-17)13-21(25(30)28-24)16-29(15-19-6-8-22(31-3)9-7-19)26(33)27-14-23-5-4-10-32-23/h4-13H,14-16H2,1-3H3,(H,27,33)(H,28,30). The van der Waals surface area contributed by atoms with Gasteiger partial charge < -0.3 is 24.4 Å². The lowest BCUT2D eigenvalue weighted by Crippen LogP contribution is -2.39. The Morgan fingerprint density at radius 1 is 1.12 bits per heavy atom. The molecule has 0 aliphatic heterocycles. The molecule has 170 valence electrons. The highest BCUT2D eigenvalue weighted by Gasteiger charge is 2.15. The third-order valence-electron chi connectivity index (χ3n) is 5.55. The summed E-state index contributed by atoms with van der Waals surface area (Å²) < 4.78 is 10.7. The minimum Gasteiger partial charge on any atom is -0.497 e. The van der Waals surface area contributed by atoms with Crippen LogP contribution in [0.3, 0.4) is 0 Å². The van der Waals surface area contributed by atoms with Gasteiger partial charge in [0, 0.05) is 12.1 Å². The van der Waals surface area contributed by atoms with Crippen molar-refractivity contribution in [1.29, 1.82) is 0 Å². The number of aryl methyl sites for hydroxylation is 2. The predicted molar refractivity (Wildman–Crippen MR) is 134 cm³/mol. The van der Waals surface area contributed by atoms with Crippen molar-refractivity contribution >= 4 is 28.2 Å². The highest BCUT2D eigenvalue weighted by Crippen LogP contribution is 2.20. The normalized spacial score (nSPS) is 10.9. The Kier molecular flexibility index (Phi) is 6.79. The summed E-state index contributed by atoms with van der Waals surface area (Å²) in [5, 5.41) is 4.81. The molecule has 0 saturated heterocycles. The molecule has 2 N–H and O–H groups in total. The van der Waals surface area contributed by atoms with Crippen LogP contribution in [0, 0.1) is 13.8 Å². The van der Waals surface area contributed by atoms with Crippen molar-refractivity contribution < 1.29 is 9.15 Å². The molecule has 0 saturated carbocycles. The van der Waals surface area contributed by atoms with Crippen LogP contribution < -0.4 is 15.6 Å².